The van der Waals surface area contributed by atoms with Crippen LogP contribution in [0, 0.1) is 6.92 Å². The van der Waals surface area contributed by atoms with Crippen LogP contribution in [0.15, 0.2) is 48.5 Å². The summed E-state index contributed by atoms with van der Waals surface area (Å²) in [7, 11) is 0. The zero-order valence-corrected chi connectivity index (χ0v) is 11.2. The quantitative estimate of drug-likeness (QED) is 0.670. The summed E-state index contributed by atoms with van der Waals surface area (Å²) in [5.74, 6) is -0.229. The molecule has 0 aromatic heterocycles. The number of hydrogen-bond acceptors (Lipinski definition) is 2. The number of rotatable bonds is 3. The lowest BCUT2D eigenvalue weighted by atomic mass is 10.1. The molecular weight excluding hydrogens is 260 g/mol. The van der Waals surface area contributed by atoms with E-state index in [1.807, 2.05) is 19.1 Å². The molecule has 0 aliphatic heterocycles. The number of halogens is 1. The van der Waals surface area contributed by atoms with Gasteiger partial charge in [0.2, 0.25) is 0 Å². The van der Waals surface area contributed by atoms with Crippen molar-refractivity contribution in [3.05, 3.63) is 70.3 Å². The van der Waals surface area contributed by atoms with Gasteiger partial charge in [0.1, 0.15) is 5.75 Å². The molecule has 2 nitrogen and oxygen atoms in total. The third kappa shape index (κ3) is 3.46. The average molecular weight is 273 g/mol. The minimum absolute atomic E-state index is 0.00337. The summed E-state index contributed by atoms with van der Waals surface area (Å²) in [5, 5.41) is 10.3. The Morgan fingerprint density at radius 1 is 1.16 bits per heavy atom. The van der Waals surface area contributed by atoms with Crippen LogP contribution in [-0.4, -0.2) is 10.9 Å². The van der Waals surface area contributed by atoms with Crippen LogP contribution in [-0.2, 0) is 0 Å². The molecule has 0 saturated carbocycles. The summed E-state index contributed by atoms with van der Waals surface area (Å²) >= 11 is 5.78. The van der Waals surface area contributed by atoms with Crippen LogP contribution in [0.2, 0.25) is 5.02 Å². The van der Waals surface area contributed by atoms with Gasteiger partial charge in [0.15, 0.2) is 5.78 Å². The van der Waals surface area contributed by atoms with Gasteiger partial charge in [-0.3, -0.25) is 4.79 Å². The molecule has 0 saturated heterocycles. The van der Waals surface area contributed by atoms with Gasteiger partial charge in [-0.2, -0.15) is 0 Å². The van der Waals surface area contributed by atoms with E-state index >= 15 is 0 Å². The fraction of sp³-hybridized carbons (Fsp3) is 0.0625. The smallest absolute Gasteiger partial charge is 0.189 e. The molecule has 0 aliphatic rings. The van der Waals surface area contributed by atoms with E-state index in [-0.39, 0.29) is 11.5 Å². The number of allylic oxidation sites excluding steroid dienone is 1. The third-order valence-electron chi connectivity index (χ3n) is 2.71. The fourth-order valence-electron chi connectivity index (χ4n) is 1.68. The first-order chi connectivity index (χ1) is 9.06. The molecular formula is C16H13ClO2. The van der Waals surface area contributed by atoms with E-state index in [9.17, 15) is 9.90 Å². The van der Waals surface area contributed by atoms with Crippen LogP contribution in [0.3, 0.4) is 0 Å². The highest BCUT2D eigenvalue weighted by Crippen LogP contribution is 2.19. The molecule has 2 rings (SSSR count). The predicted octanol–water partition coefficient (Wildman–Crippen LogP) is 4.25. The third-order valence-corrected chi connectivity index (χ3v) is 2.97. The molecule has 0 bridgehead atoms. The largest absolute Gasteiger partial charge is 0.507 e. The molecule has 19 heavy (non-hydrogen) atoms. The second-order valence-electron chi connectivity index (χ2n) is 4.27. The van der Waals surface area contributed by atoms with E-state index in [2.05, 4.69) is 0 Å². The zero-order valence-electron chi connectivity index (χ0n) is 10.4. The predicted molar refractivity (Wildman–Crippen MR) is 77.7 cm³/mol. The van der Waals surface area contributed by atoms with Gasteiger partial charge in [0.25, 0.3) is 0 Å². The van der Waals surface area contributed by atoms with Gasteiger partial charge in [-0.1, -0.05) is 41.4 Å². The minimum Gasteiger partial charge on any atom is -0.507 e. The number of aryl methyl sites for hydroxylation is 1. The fourth-order valence-corrected chi connectivity index (χ4v) is 1.81. The number of carbonyl (C=O) groups is 1. The standard InChI is InChI=1S/C16H13ClO2/c1-11-2-8-15(18)14(10-11)16(19)9-5-12-3-6-13(17)7-4-12/h2-10,18H,1H3. The molecule has 0 heterocycles. The summed E-state index contributed by atoms with van der Waals surface area (Å²) in [5.41, 5.74) is 2.12. The molecule has 0 fully saturated rings. The van der Waals surface area contributed by atoms with E-state index in [1.165, 1.54) is 12.1 Å². The molecule has 0 amide bonds. The number of ketones is 1. The molecule has 0 aliphatic carbocycles. The molecule has 0 atom stereocenters. The van der Waals surface area contributed by atoms with E-state index in [1.54, 1.807) is 30.3 Å². The molecule has 2 aromatic carbocycles. The van der Waals surface area contributed by atoms with Crippen molar-refractivity contribution in [1.29, 1.82) is 0 Å². The summed E-state index contributed by atoms with van der Waals surface area (Å²) in [6.45, 7) is 1.87. The van der Waals surface area contributed by atoms with E-state index in [4.69, 9.17) is 11.6 Å². The van der Waals surface area contributed by atoms with Crippen molar-refractivity contribution in [2.75, 3.05) is 0 Å². The number of hydrogen-bond donors (Lipinski definition) is 1. The highest BCUT2D eigenvalue weighted by atomic mass is 35.5. The van der Waals surface area contributed by atoms with E-state index < -0.39 is 0 Å². The number of aromatic hydroxyl groups is 1. The maximum Gasteiger partial charge on any atom is 0.189 e. The molecule has 1 N–H and O–H groups in total. The van der Waals surface area contributed by atoms with Crippen molar-refractivity contribution in [3.63, 3.8) is 0 Å². The van der Waals surface area contributed by atoms with Crippen molar-refractivity contribution in [2.45, 2.75) is 6.92 Å². The second kappa shape index (κ2) is 5.72. The first-order valence-corrected chi connectivity index (χ1v) is 6.21. The molecule has 96 valence electrons. The number of phenolic OH excluding ortho intramolecular Hbond substituents is 1. The maximum atomic E-state index is 12.0. The van der Waals surface area contributed by atoms with Gasteiger partial charge >= 0.3 is 0 Å². The Morgan fingerprint density at radius 2 is 1.84 bits per heavy atom. The van der Waals surface area contributed by atoms with Gasteiger partial charge < -0.3 is 5.11 Å². The Morgan fingerprint density at radius 3 is 2.53 bits per heavy atom. The first kappa shape index (κ1) is 13.4. The summed E-state index contributed by atoms with van der Waals surface area (Å²) in [6.07, 6.45) is 3.14. The average Bonchev–Trinajstić information content (AvgIpc) is 2.40. The highest BCUT2D eigenvalue weighted by Gasteiger charge is 2.07. The Balaban J connectivity index is 2.21. The SMILES string of the molecule is Cc1ccc(O)c(C(=O)C=Cc2ccc(Cl)cc2)c1. The van der Waals surface area contributed by atoms with Crippen molar-refractivity contribution < 1.29 is 9.90 Å². The maximum absolute atomic E-state index is 12.0. The van der Waals surface area contributed by atoms with E-state index in [0.29, 0.717) is 10.6 Å². The molecule has 0 radical (unpaired) electrons. The van der Waals surface area contributed by atoms with Gasteiger partial charge in [-0.15, -0.1) is 0 Å². The molecule has 3 heteroatoms. The Labute approximate surface area is 117 Å². The molecule has 0 spiro atoms. The highest BCUT2D eigenvalue weighted by molar-refractivity contribution is 6.30. The van der Waals surface area contributed by atoms with Crippen molar-refractivity contribution in [2.24, 2.45) is 0 Å². The summed E-state index contributed by atoms with van der Waals surface area (Å²) in [4.78, 5) is 12.0. The Hall–Kier alpha value is -2.06. The van der Waals surface area contributed by atoms with Crippen LogP contribution in [0.4, 0.5) is 0 Å². The second-order valence-corrected chi connectivity index (χ2v) is 4.71. The van der Waals surface area contributed by atoms with Crippen molar-refractivity contribution >= 4 is 23.5 Å². The van der Waals surface area contributed by atoms with Crippen LogP contribution in [0.5, 0.6) is 5.75 Å². The number of carbonyl (C=O) groups excluding carboxylic acids is 1. The van der Waals surface area contributed by atoms with Crippen molar-refractivity contribution in [3.8, 4) is 5.75 Å². The van der Waals surface area contributed by atoms with Crippen LogP contribution in [0.25, 0.3) is 6.08 Å². The Kier molecular flexibility index (Phi) is 4.03. The van der Waals surface area contributed by atoms with Crippen LogP contribution in [0.1, 0.15) is 21.5 Å². The minimum atomic E-state index is -0.226. The summed E-state index contributed by atoms with van der Waals surface area (Å²) < 4.78 is 0. The van der Waals surface area contributed by atoms with Gasteiger partial charge in [-0.05, 0) is 42.8 Å². The number of phenols is 1. The van der Waals surface area contributed by atoms with E-state index in [0.717, 1.165) is 11.1 Å². The normalized spacial score (nSPS) is 10.8. The molecule has 0 unspecified atom stereocenters. The van der Waals surface area contributed by atoms with Crippen LogP contribution < -0.4 is 0 Å². The lowest BCUT2D eigenvalue weighted by Crippen LogP contribution is -1.95. The van der Waals surface area contributed by atoms with Gasteiger partial charge in [0, 0.05) is 5.02 Å². The summed E-state index contributed by atoms with van der Waals surface area (Å²) in [6, 6.07) is 12.1. The van der Waals surface area contributed by atoms with Crippen LogP contribution >= 0.6 is 11.6 Å². The monoisotopic (exact) mass is 272 g/mol. The number of benzene rings is 2. The molecule has 2 aromatic rings. The lowest BCUT2D eigenvalue weighted by Gasteiger charge is -2.01. The van der Waals surface area contributed by atoms with Crippen molar-refractivity contribution in [1.82, 2.24) is 0 Å². The Bertz CT molecular complexity index is 628. The lowest BCUT2D eigenvalue weighted by molar-refractivity contribution is 0.104. The topological polar surface area (TPSA) is 37.3 Å². The van der Waals surface area contributed by atoms with Gasteiger partial charge in [0.05, 0.1) is 5.56 Å². The zero-order chi connectivity index (χ0) is 13.8. The first-order valence-electron chi connectivity index (χ1n) is 5.84. The van der Waals surface area contributed by atoms with Gasteiger partial charge in [-0.25, -0.2) is 0 Å².